The van der Waals surface area contributed by atoms with Gasteiger partial charge in [-0.25, -0.2) is 4.98 Å². The van der Waals surface area contributed by atoms with Gasteiger partial charge in [-0.2, -0.15) is 4.98 Å². The molecule has 0 aliphatic heterocycles. The Morgan fingerprint density at radius 1 is 1.00 bits per heavy atom. The Labute approximate surface area is 155 Å². The number of benzene rings is 2. The van der Waals surface area contributed by atoms with Gasteiger partial charge in [0.1, 0.15) is 5.82 Å². The number of anilines is 3. The molecule has 0 saturated heterocycles. The van der Waals surface area contributed by atoms with Crippen LogP contribution in [-0.2, 0) is 6.54 Å². The van der Waals surface area contributed by atoms with E-state index < -0.39 is 0 Å². The van der Waals surface area contributed by atoms with Crippen LogP contribution < -0.4 is 10.2 Å². The number of aryl methyl sites for hydroxylation is 2. The summed E-state index contributed by atoms with van der Waals surface area (Å²) in [5.41, 5.74) is 4.73. The zero-order chi connectivity index (χ0) is 18.5. The predicted molar refractivity (Wildman–Crippen MR) is 109 cm³/mol. The summed E-state index contributed by atoms with van der Waals surface area (Å²) < 4.78 is 0. The van der Waals surface area contributed by atoms with Gasteiger partial charge in [0.2, 0.25) is 5.95 Å². The number of aromatic nitrogens is 2. The van der Waals surface area contributed by atoms with Crippen molar-refractivity contribution in [1.29, 1.82) is 0 Å². The molecule has 1 heterocycles. The SMILES string of the molecule is Cc1ccc(Nc2nccc(N(Cc3ccccc3)C(C)C)n2)c(C)c1. The average molecular weight is 346 g/mol. The first-order valence-electron chi connectivity index (χ1n) is 9.01. The van der Waals surface area contributed by atoms with Gasteiger partial charge in [0.25, 0.3) is 0 Å². The Balaban J connectivity index is 1.84. The molecule has 1 aromatic heterocycles. The monoisotopic (exact) mass is 346 g/mol. The van der Waals surface area contributed by atoms with Crippen LogP contribution in [0.1, 0.15) is 30.5 Å². The zero-order valence-electron chi connectivity index (χ0n) is 15.9. The summed E-state index contributed by atoms with van der Waals surface area (Å²) in [7, 11) is 0. The highest BCUT2D eigenvalue weighted by molar-refractivity contribution is 5.60. The lowest BCUT2D eigenvalue weighted by atomic mass is 10.1. The largest absolute Gasteiger partial charge is 0.350 e. The zero-order valence-corrected chi connectivity index (χ0v) is 15.9. The Bertz CT molecular complexity index is 859. The third-order valence-corrected chi connectivity index (χ3v) is 4.38. The number of rotatable bonds is 6. The predicted octanol–water partition coefficient (Wildman–Crippen LogP) is 5.25. The molecule has 134 valence electrons. The van der Waals surface area contributed by atoms with E-state index in [1.165, 1.54) is 16.7 Å². The van der Waals surface area contributed by atoms with Crippen LogP contribution in [0.3, 0.4) is 0 Å². The second kappa shape index (κ2) is 8.00. The molecule has 3 aromatic rings. The lowest BCUT2D eigenvalue weighted by Gasteiger charge is -2.28. The summed E-state index contributed by atoms with van der Waals surface area (Å²) in [6.45, 7) is 9.37. The first-order chi connectivity index (χ1) is 12.5. The number of nitrogens with one attached hydrogen (secondary N) is 1. The van der Waals surface area contributed by atoms with Crippen LogP contribution in [0.4, 0.5) is 17.5 Å². The minimum atomic E-state index is 0.332. The Hall–Kier alpha value is -2.88. The first kappa shape index (κ1) is 17.9. The van der Waals surface area contributed by atoms with E-state index in [4.69, 9.17) is 4.98 Å². The third-order valence-electron chi connectivity index (χ3n) is 4.38. The molecule has 0 aliphatic rings. The fourth-order valence-corrected chi connectivity index (χ4v) is 2.95. The maximum Gasteiger partial charge on any atom is 0.229 e. The van der Waals surface area contributed by atoms with Gasteiger partial charge < -0.3 is 10.2 Å². The summed E-state index contributed by atoms with van der Waals surface area (Å²) in [6, 6.07) is 19.1. The van der Waals surface area contributed by atoms with Crippen molar-refractivity contribution >= 4 is 17.5 Å². The number of hydrogen-bond acceptors (Lipinski definition) is 4. The van der Waals surface area contributed by atoms with Crippen molar-refractivity contribution < 1.29 is 0 Å². The third kappa shape index (κ3) is 4.39. The quantitative estimate of drug-likeness (QED) is 0.661. The van der Waals surface area contributed by atoms with E-state index in [0.29, 0.717) is 12.0 Å². The molecule has 0 unspecified atom stereocenters. The molecule has 4 heteroatoms. The average Bonchev–Trinajstić information content (AvgIpc) is 2.63. The molecule has 0 radical (unpaired) electrons. The minimum absolute atomic E-state index is 0.332. The van der Waals surface area contributed by atoms with Crippen LogP contribution in [0.5, 0.6) is 0 Å². The van der Waals surface area contributed by atoms with E-state index in [1.54, 1.807) is 0 Å². The lowest BCUT2D eigenvalue weighted by Crippen LogP contribution is -2.31. The molecule has 2 aromatic carbocycles. The molecule has 4 nitrogen and oxygen atoms in total. The molecular formula is C22H26N4. The summed E-state index contributed by atoms with van der Waals surface area (Å²) in [4.78, 5) is 11.4. The Kier molecular flexibility index (Phi) is 5.52. The van der Waals surface area contributed by atoms with Crippen LogP contribution in [0.25, 0.3) is 0 Å². The van der Waals surface area contributed by atoms with Gasteiger partial charge in [0.05, 0.1) is 0 Å². The Morgan fingerprint density at radius 3 is 2.46 bits per heavy atom. The van der Waals surface area contributed by atoms with E-state index in [-0.39, 0.29) is 0 Å². The fourth-order valence-electron chi connectivity index (χ4n) is 2.95. The maximum atomic E-state index is 4.75. The van der Waals surface area contributed by atoms with E-state index in [0.717, 1.165) is 18.1 Å². The van der Waals surface area contributed by atoms with Gasteiger partial charge in [0.15, 0.2) is 0 Å². The van der Waals surface area contributed by atoms with E-state index in [2.05, 4.69) is 85.4 Å². The van der Waals surface area contributed by atoms with Crippen molar-refractivity contribution in [3.63, 3.8) is 0 Å². The van der Waals surface area contributed by atoms with Crippen LogP contribution >= 0.6 is 0 Å². The van der Waals surface area contributed by atoms with Crippen molar-refractivity contribution in [3.05, 3.63) is 77.5 Å². The molecule has 0 amide bonds. The molecular weight excluding hydrogens is 320 g/mol. The molecule has 0 bridgehead atoms. The van der Waals surface area contributed by atoms with E-state index in [9.17, 15) is 0 Å². The highest BCUT2D eigenvalue weighted by atomic mass is 15.2. The van der Waals surface area contributed by atoms with Crippen LogP contribution in [0, 0.1) is 13.8 Å². The standard InChI is InChI=1S/C22H26N4/c1-16(2)26(15-19-8-6-5-7-9-19)21-12-13-23-22(25-21)24-20-11-10-17(3)14-18(20)4/h5-14,16H,15H2,1-4H3,(H,23,24,25). The summed E-state index contributed by atoms with van der Waals surface area (Å²) in [6.07, 6.45) is 1.81. The molecule has 0 aliphatic carbocycles. The molecule has 0 fully saturated rings. The lowest BCUT2D eigenvalue weighted by molar-refractivity contribution is 0.672. The van der Waals surface area contributed by atoms with Gasteiger partial charge in [-0.15, -0.1) is 0 Å². The van der Waals surface area contributed by atoms with E-state index >= 15 is 0 Å². The Morgan fingerprint density at radius 2 is 1.77 bits per heavy atom. The molecule has 3 rings (SSSR count). The number of nitrogens with zero attached hydrogens (tertiary/aromatic N) is 3. The van der Waals surface area contributed by atoms with Gasteiger partial charge >= 0.3 is 0 Å². The van der Waals surface area contributed by atoms with Crippen molar-refractivity contribution in [2.45, 2.75) is 40.3 Å². The fraction of sp³-hybridized carbons (Fsp3) is 0.273. The van der Waals surface area contributed by atoms with E-state index in [1.807, 2.05) is 18.3 Å². The topological polar surface area (TPSA) is 41.1 Å². The second-order valence-corrected chi connectivity index (χ2v) is 6.89. The van der Waals surface area contributed by atoms with Crippen LogP contribution in [-0.4, -0.2) is 16.0 Å². The summed E-state index contributed by atoms with van der Waals surface area (Å²) >= 11 is 0. The minimum Gasteiger partial charge on any atom is -0.350 e. The second-order valence-electron chi connectivity index (χ2n) is 6.89. The van der Waals surface area contributed by atoms with Gasteiger partial charge in [-0.3, -0.25) is 0 Å². The highest BCUT2D eigenvalue weighted by Crippen LogP contribution is 2.22. The van der Waals surface area contributed by atoms with Gasteiger partial charge in [-0.1, -0.05) is 48.0 Å². The highest BCUT2D eigenvalue weighted by Gasteiger charge is 2.14. The first-order valence-corrected chi connectivity index (χ1v) is 9.01. The van der Waals surface area contributed by atoms with Crippen molar-refractivity contribution in [2.24, 2.45) is 0 Å². The van der Waals surface area contributed by atoms with Crippen molar-refractivity contribution in [1.82, 2.24) is 9.97 Å². The molecule has 0 spiro atoms. The summed E-state index contributed by atoms with van der Waals surface area (Å²) in [5, 5.41) is 3.35. The maximum absolute atomic E-state index is 4.75. The molecule has 1 N–H and O–H groups in total. The normalized spacial score (nSPS) is 10.8. The smallest absolute Gasteiger partial charge is 0.229 e. The molecule has 0 saturated carbocycles. The van der Waals surface area contributed by atoms with Crippen molar-refractivity contribution in [3.8, 4) is 0 Å². The van der Waals surface area contributed by atoms with Crippen molar-refractivity contribution in [2.75, 3.05) is 10.2 Å². The van der Waals surface area contributed by atoms with Crippen LogP contribution in [0.2, 0.25) is 0 Å². The van der Waals surface area contributed by atoms with Gasteiger partial charge in [0, 0.05) is 24.5 Å². The van der Waals surface area contributed by atoms with Crippen LogP contribution in [0.15, 0.2) is 60.8 Å². The number of hydrogen-bond donors (Lipinski definition) is 1. The summed E-state index contributed by atoms with van der Waals surface area (Å²) in [5.74, 6) is 1.54. The molecule has 26 heavy (non-hydrogen) atoms. The van der Waals surface area contributed by atoms with Gasteiger partial charge in [-0.05, 0) is 51.0 Å². The molecule has 0 atom stereocenters.